The number of thiazole rings is 2. The van der Waals surface area contributed by atoms with E-state index in [2.05, 4.69) is 44.8 Å². The lowest BCUT2D eigenvalue weighted by molar-refractivity contribution is 0.419. The summed E-state index contributed by atoms with van der Waals surface area (Å²) in [6, 6.07) is 10.4. The number of rotatable bonds is 7. The van der Waals surface area contributed by atoms with Crippen molar-refractivity contribution in [3.05, 3.63) is 73.9 Å². The molecule has 4 aromatic rings. The van der Waals surface area contributed by atoms with Crippen LogP contribution in [0.25, 0.3) is 0 Å². The van der Waals surface area contributed by atoms with E-state index in [0.29, 0.717) is 17.5 Å². The molecular formula is C18H16N4OS3. The fourth-order valence-electron chi connectivity index (χ4n) is 2.41. The summed E-state index contributed by atoms with van der Waals surface area (Å²) < 4.78 is 5.70. The monoisotopic (exact) mass is 400 g/mol. The van der Waals surface area contributed by atoms with E-state index in [0.717, 1.165) is 33.6 Å². The van der Waals surface area contributed by atoms with Gasteiger partial charge in [0.2, 0.25) is 5.89 Å². The zero-order valence-corrected chi connectivity index (χ0v) is 16.5. The van der Waals surface area contributed by atoms with Crippen molar-refractivity contribution in [3.8, 4) is 0 Å². The van der Waals surface area contributed by atoms with Crippen molar-refractivity contribution >= 4 is 34.4 Å². The normalized spacial score (nSPS) is 11.1. The minimum atomic E-state index is 0.574. The summed E-state index contributed by atoms with van der Waals surface area (Å²) >= 11 is 4.83. The van der Waals surface area contributed by atoms with Crippen molar-refractivity contribution < 1.29 is 4.42 Å². The highest BCUT2D eigenvalue weighted by Gasteiger charge is 2.11. The van der Waals surface area contributed by atoms with Crippen LogP contribution in [0.2, 0.25) is 0 Å². The van der Waals surface area contributed by atoms with Gasteiger partial charge in [0.15, 0.2) is 0 Å². The SMILES string of the molecule is Cc1nc(Cc2nnc(SCc3csc(Cc4ccccc4)n3)o2)cs1. The van der Waals surface area contributed by atoms with E-state index in [4.69, 9.17) is 9.40 Å². The van der Waals surface area contributed by atoms with Gasteiger partial charge < -0.3 is 4.42 Å². The molecule has 0 aliphatic rings. The third-order valence-electron chi connectivity index (χ3n) is 3.59. The van der Waals surface area contributed by atoms with Crippen LogP contribution < -0.4 is 0 Å². The molecule has 8 heteroatoms. The van der Waals surface area contributed by atoms with Gasteiger partial charge in [0.25, 0.3) is 5.22 Å². The van der Waals surface area contributed by atoms with Crippen LogP contribution in [-0.2, 0) is 18.6 Å². The van der Waals surface area contributed by atoms with Crippen molar-refractivity contribution in [1.82, 2.24) is 20.2 Å². The molecule has 26 heavy (non-hydrogen) atoms. The van der Waals surface area contributed by atoms with Crippen LogP contribution in [0.15, 0.2) is 50.7 Å². The topological polar surface area (TPSA) is 64.7 Å². The lowest BCUT2D eigenvalue weighted by Gasteiger charge is -1.96. The van der Waals surface area contributed by atoms with Crippen LogP contribution in [0.1, 0.15) is 32.9 Å². The molecule has 0 unspecified atom stereocenters. The first-order valence-electron chi connectivity index (χ1n) is 8.08. The molecule has 0 atom stereocenters. The lowest BCUT2D eigenvalue weighted by Crippen LogP contribution is -1.88. The number of hydrogen-bond acceptors (Lipinski definition) is 8. The molecule has 0 radical (unpaired) electrons. The average Bonchev–Trinajstić information content (AvgIpc) is 3.37. The Morgan fingerprint density at radius 3 is 2.62 bits per heavy atom. The van der Waals surface area contributed by atoms with Gasteiger partial charge in [-0.1, -0.05) is 42.1 Å². The molecule has 3 aromatic heterocycles. The standard InChI is InChI=1S/C18H16N4OS3/c1-12-19-14(9-24-12)8-16-21-22-18(23-16)26-11-15-10-25-17(20-15)7-13-5-3-2-4-6-13/h2-6,9-10H,7-8,11H2,1H3. The first kappa shape index (κ1) is 17.4. The van der Waals surface area contributed by atoms with Gasteiger partial charge in [0, 0.05) is 22.9 Å². The number of thioether (sulfide) groups is 1. The third-order valence-corrected chi connectivity index (χ3v) is 6.16. The van der Waals surface area contributed by atoms with Gasteiger partial charge in [-0.05, 0) is 12.5 Å². The summed E-state index contributed by atoms with van der Waals surface area (Å²) in [6.07, 6.45) is 1.45. The highest BCUT2D eigenvalue weighted by Crippen LogP contribution is 2.24. The van der Waals surface area contributed by atoms with Crippen LogP contribution >= 0.6 is 34.4 Å². The fraction of sp³-hybridized carbons (Fsp3) is 0.222. The van der Waals surface area contributed by atoms with E-state index in [1.807, 2.05) is 18.4 Å². The zero-order chi connectivity index (χ0) is 17.8. The second kappa shape index (κ2) is 8.11. The largest absolute Gasteiger partial charge is 0.416 e. The number of benzene rings is 1. The van der Waals surface area contributed by atoms with Crippen LogP contribution in [0.4, 0.5) is 0 Å². The molecule has 0 spiro atoms. The smallest absolute Gasteiger partial charge is 0.276 e. The summed E-state index contributed by atoms with van der Waals surface area (Å²) in [5.41, 5.74) is 3.29. The van der Waals surface area contributed by atoms with Crippen LogP contribution in [0, 0.1) is 6.92 Å². The molecular weight excluding hydrogens is 384 g/mol. The molecule has 0 fully saturated rings. The molecule has 0 saturated carbocycles. The number of aryl methyl sites for hydroxylation is 1. The molecule has 0 N–H and O–H groups in total. The summed E-state index contributed by atoms with van der Waals surface area (Å²) in [4.78, 5) is 9.12. The zero-order valence-electron chi connectivity index (χ0n) is 14.1. The van der Waals surface area contributed by atoms with Gasteiger partial charge in [0.1, 0.15) is 0 Å². The second-order valence-electron chi connectivity index (χ2n) is 5.68. The first-order valence-corrected chi connectivity index (χ1v) is 10.8. The quantitative estimate of drug-likeness (QED) is 0.417. The van der Waals surface area contributed by atoms with E-state index in [1.54, 1.807) is 22.7 Å². The predicted octanol–water partition coefficient (Wildman–Crippen LogP) is 4.76. The fourth-order valence-corrected chi connectivity index (χ4v) is 4.63. The molecule has 132 valence electrons. The maximum Gasteiger partial charge on any atom is 0.276 e. The molecule has 3 heterocycles. The summed E-state index contributed by atoms with van der Waals surface area (Å²) in [5.74, 6) is 1.32. The van der Waals surface area contributed by atoms with Gasteiger partial charge in [0.05, 0.1) is 27.8 Å². The Morgan fingerprint density at radius 1 is 0.962 bits per heavy atom. The molecule has 4 rings (SSSR count). The van der Waals surface area contributed by atoms with Gasteiger partial charge in [-0.3, -0.25) is 0 Å². The lowest BCUT2D eigenvalue weighted by atomic mass is 10.2. The van der Waals surface area contributed by atoms with Crippen LogP contribution in [0.3, 0.4) is 0 Å². The van der Waals surface area contributed by atoms with Gasteiger partial charge in [-0.25, -0.2) is 9.97 Å². The van der Waals surface area contributed by atoms with Crippen molar-refractivity contribution in [2.24, 2.45) is 0 Å². The van der Waals surface area contributed by atoms with Crippen molar-refractivity contribution in [1.29, 1.82) is 0 Å². The minimum absolute atomic E-state index is 0.574. The Bertz CT molecular complexity index is 977. The maximum atomic E-state index is 5.70. The van der Waals surface area contributed by atoms with Gasteiger partial charge in [-0.15, -0.1) is 32.9 Å². The van der Waals surface area contributed by atoms with E-state index in [9.17, 15) is 0 Å². The molecule has 1 aromatic carbocycles. The predicted molar refractivity (Wildman–Crippen MR) is 105 cm³/mol. The van der Waals surface area contributed by atoms with Crippen molar-refractivity contribution in [2.45, 2.75) is 30.7 Å². The summed E-state index contributed by atoms with van der Waals surface area (Å²) in [5, 5.41) is 15.1. The van der Waals surface area contributed by atoms with Gasteiger partial charge in [-0.2, -0.15) is 0 Å². The van der Waals surface area contributed by atoms with E-state index < -0.39 is 0 Å². The number of nitrogens with zero attached hydrogens (tertiary/aromatic N) is 4. The Kier molecular flexibility index (Phi) is 5.42. The molecule has 0 aliphatic carbocycles. The number of aromatic nitrogens is 4. The Labute approximate surface area is 163 Å². The van der Waals surface area contributed by atoms with E-state index >= 15 is 0 Å². The molecule has 0 amide bonds. The van der Waals surface area contributed by atoms with Gasteiger partial charge >= 0.3 is 0 Å². The van der Waals surface area contributed by atoms with Crippen LogP contribution in [-0.4, -0.2) is 20.2 Å². The number of hydrogen-bond donors (Lipinski definition) is 0. The second-order valence-corrected chi connectivity index (χ2v) is 8.61. The van der Waals surface area contributed by atoms with Crippen LogP contribution in [0.5, 0.6) is 0 Å². The van der Waals surface area contributed by atoms with E-state index in [1.165, 1.54) is 17.3 Å². The summed E-state index contributed by atoms with van der Waals surface area (Å²) in [6.45, 7) is 1.99. The Hall–Kier alpha value is -2.03. The Morgan fingerprint density at radius 2 is 1.81 bits per heavy atom. The third kappa shape index (κ3) is 4.57. The average molecular weight is 401 g/mol. The highest BCUT2D eigenvalue weighted by molar-refractivity contribution is 7.98. The van der Waals surface area contributed by atoms with Crippen molar-refractivity contribution in [3.63, 3.8) is 0 Å². The molecule has 5 nitrogen and oxygen atoms in total. The molecule has 0 bridgehead atoms. The maximum absolute atomic E-state index is 5.70. The first-order chi connectivity index (χ1) is 12.7. The minimum Gasteiger partial charge on any atom is -0.416 e. The highest BCUT2D eigenvalue weighted by atomic mass is 32.2. The summed E-state index contributed by atoms with van der Waals surface area (Å²) in [7, 11) is 0. The molecule has 0 aliphatic heterocycles. The molecule has 0 saturated heterocycles. The Balaban J connectivity index is 1.32. The van der Waals surface area contributed by atoms with Crippen molar-refractivity contribution in [2.75, 3.05) is 0 Å². The van der Waals surface area contributed by atoms with E-state index in [-0.39, 0.29) is 0 Å².